The van der Waals surface area contributed by atoms with Crippen LogP contribution in [0.15, 0.2) is 0 Å². The maximum atomic E-state index is 12.3. The van der Waals surface area contributed by atoms with E-state index in [2.05, 4.69) is 15.4 Å². The van der Waals surface area contributed by atoms with Crippen LogP contribution >= 0.6 is 0 Å². The highest BCUT2D eigenvalue weighted by atomic mass is 32.2. The van der Waals surface area contributed by atoms with Crippen molar-refractivity contribution in [1.82, 2.24) is 20.3 Å². The topological polar surface area (TPSA) is 108 Å². The molecule has 3 N–H and O–H groups in total. The smallest absolute Gasteiger partial charge is 0.318 e. The van der Waals surface area contributed by atoms with Gasteiger partial charge in [-0.05, 0) is 39.0 Å². The van der Waals surface area contributed by atoms with Gasteiger partial charge < -0.3 is 15.5 Å². The second kappa shape index (κ2) is 7.96. The summed E-state index contributed by atoms with van der Waals surface area (Å²) >= 11 is 0. The lowest BCUT2D eigenvalue weighted by atomic mass is 10.1. The number of hydrogen-bond acceptors (Lipinski definition) is 4. The number of nitrogens with one attached hydrogen (secondary N) is 3. The molecule has 0 radical (unpaired) electrons. The van der Waals surface area contributed by atoms with Gasteiger partial charge in [0.2, 0.25) is 15.9 Å². The van der Waals surface area contributed by atoms with Crippen molar-refractivity contribution in [2.75, 3.05) is 25.4 Å². The monoisotopic (exact) mass is 346 g/mol. The normalized spacial score (nSPS) is 24.0. The summed E-state index contributed by atoms with van der Waals surface area (Å²) in [5, 5.41) is 5.58. The molecule has 23 heavy (non-hydrogen) atoms. The summed E-state index contributed by atoms with van der Waals surface area (Å²) in [6.07, 6.45) is 3.67. The third-order valence-electron chi connectivity index (χ3n) is 4.34. The molecule has 1 unspecified atom stereocenters. The Bertz CT molecular complexity index is 529. The molecule has 0 bridgehead atoms. The van der Waals surface area contributed by atoms with E-state index in [0.717, 1.165) is 12.8 Å². The van der Waals surface area contributed by atoms with Crippen LogP contribution < -0.4 is 15.4 Å². The number of nitrogens with zero attached hydrogens (tertiary/aromatic N) is 1. The molecular formula is C14H26N4O4S. The predicted octanol–water partition coefficient (Wildman–Crippen LogP) is -0.232. The van der Waals surface area contributed by atoms with Crippen molar-refractivity contribution in [2.45, 2.75) is 51.1 Å². The summed E-state index contributed by atoms with van der Waals surface area (Å²) in [6, 6.07) is -0.838. The molecule has 0 aromatic rings. The van der Waals surface area contributed by atoms with E-state index >= 15 is 0 Å². The van der Waals surface area contributed by atoms with Gasteiger partial charge in [0.25, 0.3) is 0 Å². The van der Waals surface area contributed by atoms with E-state index in [9.17, 15) is 18.0 Å². The zero-order chi connectivity index (χ0) is 16.9. The molecule has 0 aromatic heterocycles. The standard InChI is InChI=1S/C14H26N4O4S/c1-2-23(21,22)17-11-6-9-18(10-7-11)14(20)16-12-5-3-4-8-15-13(12)19/h11-12,17H,2-10H2,1H3,(H,15,19)(H,16,20). The minimum atomic E-state index is -3.21. The van der Waals surface area contributed by atoms with Gasteiger partial charge in [0, 0.05) is 25.7 Å². The highest BCUT2D eigenvalue weighted by Gasteiger charge is 2.28. The number of likely N-dealkylation sites (tertiary alicyclic amines) is 1. The zero-order valence-electron chi connectivity index (χ0n) is 13.5. The van der Waals surface area contributed by atoms with E-state index in [-0.39, 0.29) is 23.7 Å². The molecule has 0 aliphatic carbocycles. The van der Waals surface area contributed by atoms with E-state index < -0.39 is 16.1 Å². The Morgan fingerprint density at radius 2 is 1.96 bits per heavy atom. The summed E-state index contributed by atoms with van der Waals surface area (Å²) in [5.41, 5.74) is 0. The minimum absolute atomic E-state index is 0.0600. The highest BCUT2D eigenvalue weighted by Crippen LogP contribution is 2.13. The molecule has 1 atom stereocenters. The minimum Gasteiger partial charge on any atom is -0.354 e. The van der Waals surface area contributed by atoms with Crippen LogP contribution in [0, 0.1) is 0 Å². The van der Waals surface area contributed by atoms with Crippen molar-refractivity contribution in [3.05, 3.63) is 0 Å². The molecule has 0 aromatic carbocycles. The predicted molar refractivity (Wildman–Crippen MR) is 86.4 cm³/mol. The Balaban J connectivity index is 1.80. The maximum absolute atomic E-state index is 12.3. The zero-order valence-corrected chi connectivity index (χ0v) is 14.3. The molecule has 132 valence electrons. The van der Waals surface area contributed by atoms with Gasteiger partial charge in [0.05, 0.1) is 5.75 Å². The lowest BCUT2D eigenvalue weighted by Crippen LogP contribution is -2.54. The van der Waals surface area contributed by atoms with Crippen molar-refractivity contribution >= 4 is 22.0 Å². The molecule has 8 nitrogen and oxygen atoms in total. The summed E-state index contributed by atoms with van der Waals surface area (Å²) in [4.78, 5) is 25.8. The molecular weight excluding hydrogens is 320 g/mol. The van der Waals surface area contributed by atoms with Gasteiger partial charge in [-0.15, -0.1) is 0 Å². The van der Waals surface area contributed by atoms with Crippen molar-refractivity contribution in [2.24, 2.45) is 0 Å². The van der Waals surface area contributed by atoms with Crippen LogP contribution in [0.4, 0.5) is 4.79 Å². The second-order valence-electron chi connectivity index (χ2n) is 6.07. The van der Waals surface area contributed by atoms with Crippen LogP contribution in [0.25, 0.3) is 0 Å². The quantitative estimate of drug-likeness (QED) is 0.653. The first-order valence-electron chi connectivity index (χ1n) is 8.24. The fourth-order valence-electron chi connectivity index (χ4n) is 2.86. The van der Waals surface area contributed by atoms with E-state index in [1.54, 1.807) is 11.8 Å². The van der Waals surface area contributed by atoms with E-state index in [1.165, 1.54) is 0 Å². The number of urea groups is 1. The maximum Gasteiger partial charge on any atom is 0.318 e. The molecule has 2 heterocycles. The van der Waals surface area contributed by atoms with E-state index in [1.807, 2.05) is 0 Å². The number of carbonyl (C=O) groups excluding carboxylic acids is 2. The molecule has 2 aliphatic rings. The van der Waals surface area contributed by atoms with Crippen molar-refractivity contribution in [1.29, 1.82) is 0 Å². The Morgan fingerprint density at radius 1 is 1.26 bits per heavy atom. The Hall–Kier alpha value is -1.35. The summed E-state index contributed by atoms with van der Waals surface area (Å²) < 4.78 is 25.8. The molecule has 9 heteroatoms. The van der Waals surface area contributed by atoms with Crippen molar-refractivity contribution in [3.8, 4) is 0 Å². The van der Waals surface area contributed by atoms with Gasteiger partial charge in [0.1, 0.15) is 6.04 Å². The Morgan fingerprint density at radius 3 is 2.61 bits per heavy atom. The largest absolute Gasteiger partial charge is 0.354 e. The van der Waals surface area contributed by atoms with Gasteiger partial charge >= 0.3 is 6.03 Å². The first-order valence-corrected chi connectivity index (χ1v) is 9.89. The number of sulfonamides is 1. The van der Waals surface area contributed by atoms with Crippen LogP contribution in [-0.4, -0.2) is 62.7 Å². The first kappa shape index (κ1) is 18.0. The number of carbonyl (C=O) groups is 2. The van der Waals surface area contributed by atoms with Crippen molar-refractivity contribution in [3.63, 3.8) is 0 Å². The van der Waals surface area contributed by atoms with Crippen LogP contribution in [0.5, 0.6) is 0 Å². The van der Waals surface area contributed by atoms with Crippen LogP contribution in [-0.2, 0) is 14.8 Å². The van der Waals surface area contributed by atoms with E-state index in [4.69, 9.17) is 0 Å². The number of rotatable bonds is 4. The molecule has 2 rings (SSSR count). The fourth-order valence-corrected chi connectivity index (χ4v) is 3.77. The Labute approximate surface area is 137 Å². The second-order valence-corrected chi connectivity index (χ2v) is 8.11. The molecule has 0 spiro atoms. The molecule has 2 saturated heterocycles. The third-order valence-corrected chi connectivity index (χ3v) is 5.79. The van der Waals surface area contributed by atoms with Crippen LogP contribution in [0.1, 0.15) is 39.0 Å². The number of piperidine rings is 1. The SMILES string of the molecule is CCS(=O)(=O)NC1CCN(C(=O)NC2CCCCNC2=O)CC1. The van der Waals surface area contributed by atoms with Gasteiger partial charge in [-0.2, -0.15) is 0 Å². The average molecular weight is 346 g/mol. The molecule has 2 aliphatic heterocycles. The highest BCUT2D eigenvalue weighted by molar-refractivity contribution is 7.89. The molecule has 0 saturated carbocycles. The van der Waals surface area contributed by atoms with Gasteiger partial charge in [0.15, 0.2) is 0 Å². The van der Waals surface area contributed by atoms with Gasteiger partial charge in [-0.1, -0.05) is 0 Å². The van der Waals surface area contributed by atoms with E-state index in [0.29, 0.717) is 38.9 Å². The molecule has 2 fully saturated rings. The first-order chi connectivity index (χ1) is 10.9. The van der Waals surface area contributed by atoms with Gasteiger partial charge in [-0.25, -0.2) is 17.9 Å². The lowest BCUT2D eigenvalue weighted by molar-refractivity contribution is -0.122. The van der Waals surface area contributed by atoms with Crippen molar-refractivity contribution < 1.29 is 18.0 Å². The number of amides is 3. The fraction of sp³-hybridized carbons (Fsp3) is 0.857. The summed E-state index contributed by atoms with van der Waals surface area (Å²) in [6.45, 7) is 3.23. The lowest BCUT2D eigenvalue weighted by Gasteiger charge is -2.33. The number of hydrogen-bond donors (Lipinski definition) is 3. The van der Waals surface area contributed by atoms with Gasteiger partial charge in [-0.3, -0.25) is 4.79 Å². The Kier molecular flexibility index (Phi) is 6.23. The molecule has 3 amide bonds. The van der Waals surface area contributed by atoms with Crippen LogP contribution in [0.3, 0.4) is 0 Å². The van der Waals surface area contributed by atoms with Crippen LogP contribution in [0.2, 0.25) is 0 Å². The average Bonchev–Trinajstić information content (AvgIpc) is 2.72. The summed E-state index contributed by atoms with van der Waals surface area (Å²) in [7, 11) is -3.21. The third kappa shape index (κ3) is 5.35. The summed E-state index contributed by atoms with van der Waals surface area (Å²) in [5.74, 6) is -0.0637.